The fourth-order valence-electron chi connectivity index (χ4n) is 3.61. The second-order valence-corrected chi connectivity index (χ2v) is 9.40. The zero-order valence-corrected chi connectivity index (χ0v) is 20.4. The van der Waals surface area contributed by atoms with Gasteiger partial charge in [0.05, 0.1) is 16.0 Å². The second kappa shape index (κ2) is 10.9. The number of nitrogens with zero attached hydrogens (tertiary/aromatic N) is 1. The minimum atomic E-state index is -0.208. The molecule has 6 N–H and O–H groups in total. The van der Waals surface area contributed by atoms with Crippen LogP contribution in [0.2, 0.25) is 0 Å². The Morgan fingerprint density at radius 3 is 2.79 bits per heavy atom. The minimum absolute atomic E-state index is 0.196. The maximum atomic E-state index is 13.4. The fourth-order valence-corrected chi connectivity index (χ4v) is 5.59. The molecule has 3 heterocycles. The zero-order valence-electron chi connectivity index (χ0n) is 18.0. The molecule has 0 radical (unpaired) electrons. The first-order chi connectivity index (χ1) is 16.1. The van der Waals surface area contributed by atoms with Gasteiger partial charge in [-0.25, -0.2) is 4.98 Å². The zero-order chi connectivity index (χ0) is 23.2. The van der Waals surface area contributed by atoms with Crippen LogP contribution >= 0.6 is 27.3 Å². The molecule has 1 atom stereocenters. The van der Waals surface area contributed by atoms with Gasteiger partial charge in [-0.15, -0.1) is 11.3 Å². The van der Waals surface area contributed by atoms with E-state index in [-0.39, 0.29) is 11.9 Å². The number of nitrogens with two attached hydrogens (primary N) is 2. The number of aromatic amines is 1. The minimum Gasteiger partial charge on any atom is -0.491 e. The SMILES string of the molecule is NCCCOc1c(C(=O)NC(CN)Cc2ccccc2)sc(-c2ccnc3[nH]ccc23)c1Br. The number of aromatic nitrogens is 2. The summed E-state index contributed by atoms with van der Waals surface area (Å²) < 4.78 is 6.77. The number of carbonyl (C=O) groups excluding carboxylic acids is 1. The molecule has 33 heavy (non-hydrogen) atoms. The fraction of sp³-hybridized carbons (Fsp3) is 0.250. The summed E-state index contributed by atoms with van der Waals surface area (Å²) in [5.74, 6) is 0.317. The first-order valence-electron chi connectivity index (χ1n) is 10.7. The lowest BCUT2D eigenvalue weighted by atomic mass is 10.1. The van der Waals surface area contributed by atoms with Gasteiger partial charge in [0.25, 0.3) is 5.91 Å². The highest BCUT2D eigenvalue weighted by Gasteiger charge is 2.26. The molecule has 4 aromatic rings. The predicted octanol–water partition coefficient (Wildman–Crippen LogP) is 4.08. The average molecular weight is 528 g/mol. The molecule has 0 saturated heterocycles. The third-order valence-electron chi connectivity index (χ3n) is 5.26. The molecule has 7 nitrogen and oxygen atoms in total. The van der Waals surface area contributed by atoms with E-state index in [2.05, 4.69) is 31.2 Å². The van der Waals surface area contributed by atoms with E-state index in [1.807, 2.05) is 48.7 Å². The van der Waals surface area contributed by atoms with Crippen LogP contribution in [0.3, 0.4) is 0 Å². The molecule has 0 aliphatic rings. The van der Waals surface area contributed by atoms with Crippen molar-refractivity contribution in [2.45, 2.75) is 18.9 Å². The van der Waals surface area contributed by atoms with Gasteiger partial charge in [0.2, 0.25) is 0 Å². The van der Waals surface area contributed by atoms with E-state index in [0.29, 0.717) is 43.2 Å². The lowest BCUT2D eigenvalue weighted by Gasteiger charge is -2.17. The number of H-pyrrole nitrogens is 1. The molecule has 0 bridgehead atoms. The van der Waals surface area contributed by atoms with Crippen molar-refractivity contribution in [2.24, 2.45) is 11.5 Å². The quantitative estimate of drug-likeness (QED) is 0.231. The smallest absolute Gasteiger partial charge is 0.265 e. The molecule has 0 spiro atoms. The van der Waals surface area contributed by atoms with Crippen molar-refractivity contribution in [2.75, 3.05) is 19.7 Å². The molecule has 9 heteroatoms. The standard InChI is InChI=1S/C24H26BrN5O2S/c25-19-20(32-12-4-9-26)22(24(31)30-16(14-27)13-15-5-2-1-3-6-15)33-21(19)17-7-10-28-23-18(17)8-11-29-23/h1-3,5-8,10-11,16H,4,9,12-14,26-27H2,(H,28,29)(H,30,31). The summed E-state index contributed by atoms with van der Waals surface area (Å²) in [6.07, 6.45) is 4.94. The Bertz CT molecular complexity index is 1220. The molecular weight excluding hydrogens is 502 g/mol. The van der Waals surface area contributed by atoms with Crippen LogP contribution in [0.25, 0.3) is 21.5 Å². The van der Waals surface area contributed by atoms with E-state index < -0.39 is 0 Å². The van der Waals surface area contributed by atoms with Gasteiger partial charge in [0.1, 0.15) is 10.5 Å². The molecule has 172 valence electrons. The van der Waals surface area contributed by atoms with E-state index >= 15 is 0 Å². The molecule has 0 fully saturated rings. The van der Waals surface area contributed by atoms with Crippen LogP contribution in [-0.2, 0) is 6.42 Å². The van der Waals surface area contributed by atoms with E-state index in [0.717, 1.165) is 31.5 Å². The third-order valence-corrected chi connectivity index (χ3v) is 7.48. The van der Waals surface area contributed by atoms with Crippen molar-refractivity contribution in [1.82, 2.24) is 15.3 Å². The first kappa shape index (κ1) is 23.4. The number of hydrogen-bond donors (Lipinski definition) is 4. The largest absolute Gasteiger partial charge is 0.491 e. The Hall–Kier alpha value is -2.72. The Balaban J connectivity index is 1.66. The third kappa shape index (κ3) is 5.27. The summed E-state index contributed by atoms with van der Waals surface area (Å²) in [6, 6.07) is 13.7. The molecule has 3 aromatic heterocycles. The molecule has 4 rings (SSSR count). The predicted molar refractivity (Wildman–Crippen MR) is 137 cm³/mol. The number of rotatable bonds is 10. The second-order valence-electron chi connectivity index (χ2n) is 7.59. The summed E-state index contributed by atoms with van der Waals surface area (Å²) in [5.41, 5.74) is 14.5. The number of fused-ring (bicyclic) bond motifs is 1. The number of carbonyl (C=O) groups is 1. The van der Waals surface area contributed by atoms with Gasteiger partial charge in [0.15, 0.2) is 5.75 Å². The van der Waals surface area contributed by atoms with E-state index in [1.165, 1.54) is 11.3 Å². The Morgan fingerprint density at radius 1 is 1.21 bits per heavy atom. The van der Waals surface area contributed by atoms with Crippen molar-refractivity contribution in [1.29, 1.82) is 0 Å². The van der Waals surface area contributed by atoms with Gasteiger partial charge in [0, 0.05) is 35.9 Å². The molecular formula is C24H26BrN5O2S. The number of nitrogens with one attached hydrogen (secondary N) is 2. The summed E-state index contributed by atoms with van der Waals surface area (Å²) in [4.78, 5) is 22.3. The number of hydrogen-bond acceptors (Lipinski definition) is 6. The highest BCUT2D eigenvalue weighted by molar-refractivity contribution is 9.10. The highest BCUT2D eigenvalue weighted by Crippen LogP contribution is 2.47. The van der Waals surface area contributed by atoms with Gasteiger partial charge in [-0.2, -0.15) is 0 Å². The van der Waals surface area contributed by atoms with Gasteiger partial charge in [-0.05, 0) is 53.0 Å². The first-order valence-corrected chi connectivity index (χ1v) is 12.4. The Labute approximate surface area is 204 Å². The number of halogens is 1. The lowest BCUT2D eigenvalue weighted by Crippen LogP contribution is -2.41. The molecule has 1 unspecified atom stereocenters. The Kier molecular flexibility index (Phi) is 7.77. The van der Waals surface area contributed by atoms with Crippen molar-refractivity contribution in [3.05, 3.63) is 69.8 Å². The van der Waals surface area contributed by atoms with E-state index in [9.17, 15) is 4.79 Å². The monoisotopic (exact) mass is 527 g/mol. The molecule has 1 aromatic carbocycles. The molecule has 0 aliphatic heterocycles. The normalized spacial score (nSPS) is 12.1. The summed E-state index contributed by atoms with van der Waals surface area (Å²) >= 11 is 5.07. The van der Waals surface area contributed by atoms with Crippen LogP contribution in [0.5, 0.6) is 5.75 Å². The number of pyridine rings is 1. The lowest BCUT2D eigenvalue weighted by molar-refractivity contribution is 0.0938. The maximum absolute atomic E-state index is 13.4. The highest BCUT2D eigenvalue weighted by atomic mass is 79.9. The number of amides is 1. The van der Waals surface area contributed by atoms with E-state index in [4.69, 9.17) is 16.2 Å². The van der Waals surface area contributed by atoms with Crippen LogP contribution < -0.4 is 21.5 Å². The molecule has 0 saturated carbocycles. The Morgan fingerprint density at radius 2 is 2.03 bits per heavy atom. The number of benzene rings is 1. The van der Waals surface area contributed by atoms with Crippen LogP contribution in [0, 0.1) is 0 Å². The van der Waals surface area contributed by atoms with Gasteiger partial charge in [-0.1, -0.05) is 30.3 Å². The van der Waals surface area contributed by atoms with Crippen molar-refractivity contribution < 1.29 is 9.53 Å². The van der Waals surface area contributed by atoms with Crippen molar-refractivity contribution >= 4 is 44.2 Å². The summed E-state index contributed by atoms with van der Waals surface area (Å²) in [7, 11) is 0. The van der Waals surface area contributed by atoms with Gasteiger partial charge < -0.3 is 26.5 Å². The number of thiophene rings is 1. The van der Waals surface area contributed by atoms with Crippen LogP contribution in [-0.4, -0.2) is 41.6 Å². The van der Waals surface area contributed by atoms with Crippen molar-refractivity contribution in [3.63, 3.8) is 0 Å². The van der Waals surface area contributed by atoms with Gasteiger partial charge >= 0.3 is 0 Å². The maximum Gasteiger partial charge on any atom is 0.265 e. The van der Waals surface area contributed by atoms with E-state index in [1.54, 1.807) is 6.20 Å². The molecule has 0 aliphatic carbocycles. The number of ether oxygens (including phenoxy) is 1. The van der Waals surface area contributed by atoms with Crippen molar-refractivity contribution in [3.8, 4) is 16.2 Å². The van der Waals surface area contributed by atoms with Crippen LogP contribution in [0.4, 0.5) is 0 Å². The average Bonchev–Trinajstić information content (AvgIpc) is 3.44. The summed E-state index contributed by atoms with van der Waals surface area (Å²) in [6.45, 7) is 1.26. The summed E-state index contributed by atoms with van der Waals surface area (Å²) in [5, 5.41) is 4.06. The van der Waals surface area contributed by atoms with Crippen LogP contribution in [0.1, 0.15) is 21.7 Å². The van der Waals surface area contributed by atoms with Gasteiger partial charge in [-0.3, -0.25) is 4.79 Å². The molecule has 1 amide bonds. The topological polar surface area (TPSA) is 119 Å². The van der Waals surface area contributed by atoms with Crippen LogP contribution in [0.15, 0.2) is 59.3 Å².